The standard InChI is InChI=1S/C14H17ClN2/c1-8(2)6-10-7-12(16)13-9(3)4-5-11(15)14(13)17-10/h4-5,7-8H,6H2,1-3H3,(H2,16,17). The van der Waals surface area contributed by atoms with Crippen LogP contribution in [0, 0.1) is 12.8 Å². The maximum absolute atomic E-state index is 6.19. The zero-order chi connectivity index (χ0) is 12.6. The minimum Gasteiger partial charge on any atom is -0.398 e. The average Bonchev–Trinajstić information content (AvgIpc) is 2.22. The van der Waals surface area contributed by atoms with Crippen LogP contribution >= 0.6 is 11.6 Å². The molecule has 0 bridgehead atoms. The number of nitrogens with two attached hydrogens (primary N) is 1. The normalized spacial score (nSPS) is 11.4. The van der Waals surface area contributed by atoms with Gasteiger partial charge in [-0.25, -0.2) is 0 Å². The molecule has 0 atom stereocenters. The molecule has 0 unspecified atom stereocenters. The molecule has 0 aliphatic carbocycles. The Morgan fingerprint density at radius 3 is 2.71 bits per heavy atom. The number of fused-ring (bicyclic) bond motifs is 1. The van der Waals surface area contributed by atoms with Crippen molar-refractivity contribution in [2.24, 2.45) is 5.92 Å². The van der Waals surface area contributed by atoms with Crippen LogP contribution in [0.4, 0.5) is 5.69 Å². The highest BCUT2D eigenvalue weighted by Crippen LogP contribution is 2.30. The number of hydrogen-bond donors (Lipinski definition) is 1. The van der Waals surface area contributed by atoms with Gasteiger partial charge in [-0.3, -0.25) is 4.98 Å². The van der Waals surface area contributed by atoms with E-state index < -0.39 is 0 Å². The first-order valence-corrected chi connectivity index (χ1v) is 6.21. The van der Waals surface area contributed by atoms with Gasteiger partial charge in [0.2, 0.25) is 0 Å². The number of rotatable bonds is 2. The average molecular weight is 249 g/mol. The van der Waals surface area contributed by atoms with Crippen molar-refractivity contribution < 1.29 is 0 Å². The number of pyridine rings is 1. The number of anilines is 1. The van der Waals surface area contributed by atoms with Gasteiger partial charge in [-0.2, -0.15) is 0 Å². The molecule has 3 heteroatoms. The molecule has 2 aromatic rings. The van der Waals surface area contributed by atoms with Gasteiger partial charge in [-0.15, -0.1) is 0 Å². The van der Waals surface area contributed by atoms with Gasteiger partial charge in [0.05, 0.1) is 10.5 Å². The molecule has 0 saturated heterocycles. The van der Waals surface area contributed by atoms with Crippen LogP contribution in [-0.4, -0.2) is 4.98 Å². The van der Waals surface area contributed by atoms with E-state index in [1.165, 1.54) is 0 Å². The fourth-order valence-corrected chi connectivity index (χ4v) is 2.29. The molecule has 0 radical (unpaired) electrons. The highest BCUT2D eigenvalue weighted by molar-refractivity contribution is 6.35. The van der Waals surface area contributed by atoms with Gasteiger partial charge in [0.15, 0.2) is 0 Å². The highest BCUT2D eigenvalue weighted by Gasteiger charge is 2.10. The van der Waals surface area contributed by atoms with Crippen LogP contribution in [0.3, 0.4) is 0 Å². The first kappa shape index (κ1) is 12.2. The van der Waals surface area contributed by atoms with E-state index in [1.54, 1.807) is 0 Å². The van der Waals surface area contributed by atoms with Gasteiger partial charge < -0.3 is 5.73 Å². The van der Waals surface area contributed by atoms with Crippen molar-refractivity contribution in [3.63, 3.8) is 0 Å². The number of aryl methyl sites for hydroxylation is 1. The molecule has 1 aromatic carbocycles. The number of aromatic nitrogens is 1. The third-order valence-corrected chi connectivity index (χ3v) is 3.13. The molecule has 0 saturated carbocycles. The maximum atomic E-state index is 6.19. The maximum Gasteiger partial charge on any atom is 0.0914 e. The Hall–Kier alpha value is -1.28. The van der Waals surface area contributed by atoms with Crippen molar-refractivity contribution >= 4 is 28.2 Å². The fraction of sp³-hybridized carbons (Fsp3) is 0.357. The van der Waals surface area contributed by atoms with E-state index in [2.05, 4.69) is 18.8 Å². The second-order valence-corrected chi connectivity index (χ2v) is 5.30. The molecule has 0 fully saturated rings. The molecule has 0 amide bonds. The Bertz CT molecular complexity index is 562. The highest BCUT2D eigenvalue weighted by atomic mass is 35.5. The molecule has 90 valence electrons. The van der Waals surface area contributed by atoms with Crippen molar-refractivity contribution in [2.45, 2.75) is 27.2 Å². The predicted molar refractivity (Wildman–Crippen MR) is 74.4 cm³/mol. The summed E-state index contributed by atoms with van der Waals surface area (Å²) < 4.78 is 0. The second-order valence-electron chi connectivity index (χ2n) is 4.89. The monoisotopic (exact) mass is 248 g/mol. The van der Waals surface area contributed by atoms with Gasteiger partial charge in [-0.1, -0.05) is 31.5 Å². The number of nitrogen functional groups attached to an aromatic ring is 1. The van der Waals surface area contributed by atoms with Gasteiger partial charge in [0, 0.05) is 16.8 Å². The molecule has 2 rings (SSSR count). The molecule has 1 heterocycles. The Kier molecular flexibility index (Phi) is 3.25. The van der Waals surface area contributed by atoms with E-state index in [-0.39, 0.29) is 0 Å². The van der Waals surface area contributed by atoms with Crippen molar-refractivity contribution in [1.82, 2.24) is 4.98 Å². The largest absolute Gasteiger partial charge is 0.398 e. The Morgan fingerprint density at radius 1 is 1.35 bits per heavy atom. The summed E-state index contributed by atoms with van der Waals surface area (Å²) in [5, 5.41) is 1.65. The van der Waals surface area contributed by atoms with Crippen LogP contribution in [0.2, 0.25) is 5.02 Å². The van der Waals surface area contributed by atoms with E-state index in [0.717, 1.165) is 34.3 Å². The summed E-state index contributed by atoms with van der Waals surface area (Å²) in [4.78, 5) is 4.62. The van der Waals surface area contributed by atoms with Crippen molar-refractivity contribution in [3.8, 4) is 0 Å². The molecular weight excluding hydrogens is 232 g/mol. The quantitative estimate of drug-likeness (QED) is 0.873. The molecule has 1 aromatic heterocycles. The SMILES string of the molecule is Cc1ccc(Cl)c2nc(CC(C)C)cc(N)c12. The molecule has 0 aliphatic rings. The Balaban J connectivity index is 2.68. The van der Waals surface area contributed by atoms with Crippen molar-refractivity contribution in [2.75, 3.05) is 5.73 Å². The molecule has 2 N–H and O–H groups in total. The molecule has 0 spiro atoms. The minimum absolute atomic E-state index is 0.558. The summed E-state index contributed by atoms with van der Waals surface area (Å²) in [5.41, 5.74) is 9.82. The summed E-state index contributed by atoms with van der Waals surface area (Å²) in [5.74, 6) is 0.558. The second kappa shape index (κ2) is 4.53. The van der Waals surface area contributed by atoms with Crippen LogP contribution in [0.5, 0.6) is 0 Å². The number of benzene rings is 1. The van der Waals surface area contributed by atoms with E-state index in [4.69, 9.17) is 17.3 Å². The zero-order valence-electron chi connectivity index (χ0n) is 10.4. The van der Waals surface area contributed by atoms with E-state index >= 15 is 0 Å². The third kappa shape index (κ3) is 2.37. The molecule has 2 nitrogen and oxygen atoms in total. The lowest BCUT2D eigenvalue weighted by atomic mass is 10.0. The summed E-state index contributed by atoms with van der Waals surface area (Å²) in [7, 11) is 0. The number of halogens is 1. The zero-order valence-corrected chi connectivity index (χ0v) is 11.2. The summed E-state index contributed by atoms with van der Waals surface area (Å²) in [6.07, 6.45) is 0.921. The van der Waals surface area contributed by atoms with E-state index in [9.17, 15) is 0 Å². The first-order valence-electron chi connectivity index (χ1n) is 5.83. The topological polar surface area (TPSA) is 38.9 Å². The molecular formula is C14H17ClN2. The third-order valence-electron chi connectivity index (χ3n) is 2.82. The number of hydrogen-bond acceptors (Lipinski definition) is 2. The van der Waals surface area contributed by atoms with Gasteiger partial charge >= 0.3 is 0 Å². The Morgan fingerprint density at radius 2 is 2.06 bits per heavy atom. The minimum atomic E-state index is 0.558. The summed E-state index contributed by atoms with van der Waals surface area (Å²) in [6, 6.07) is 5.82. The van der Waals surface area contributed by atoms with Crippen LogP contribution in [0.15, 0.2) is 18.2 Å². The van der Waals surface area contributed by atoms with Crippen molar-refractivity contribution in [1.29, 1.82) is 0 Å². The lowest BCUT2D eigenvalue weighted by Gasteiger charge is -2.11. The molecule has 17 heavy (non-hydrogen) atoms. The van der Waals surface area contributed by atoms with Gasteiger partial charge in [-0.05, 0) is 37.0 Å². The van der Waals surface area contributed by atoms with Crippen LogP contribution in [-0.2, 0) is 6.42 Å². The van der Waals surface area contributed by atoms with Crippen LogP contribution < -0.4 is 5.73 Å². The van der Waals surface area contributed by atoms with Gasteiger partial charge in [0.1, 0.15) is 0 Å². The van der Waals surface area contributed by atoms with E-state index in [1.807, 2.05) is 25.1 Å². The summed E-state index contributed by atoms with van der Waals surface area (Å²) in [6.45, 7) is 6.36. The lowest BCUT2D eigenvalue weighted by Crippen LogP contribution is -2.01. The van der Waals surface area contributed by atoms with Gasteiger partial charge in [0.25, 0.3) is 0 Å². The Labute approximate surface area is 107 Å². The first-order chi connectivity index (χ1) is 7.99. The summed E-state index contributed by atoms with van der Waals surface area (Å²) >= 11 is 6.19. The van der Waals surface area contributed by atoms with Crippen molar-refractivity contribution in [3.05, 3.63) is 34.5 Å². The van der Waals surface area contributed by atoms with Crippen LogP contribution in [0.25, 0.3) is 10.9 Å². The number of nitrogens with zero attached hydrogens (tertiary/aromatic N) is 1. The predicted octanol–water partition coefficient (Wildman–Crippen LogP) is 3.98. The molecule has 0 aliphatic heterocycles. The lowest BCUT2D eigenvalue weighted by molar-refractivity contribution is 0.637. The fourth-order valence-electron chi connectivity index (χ4n) is 2.09. The smallest absolute Gasteiger partial charge is 0.0914 e. The van der Waals surface area contributed by atoms with Crippen LogP contribution in [0.1, 0.15) is 25.1 Å². The van der Waals surface area contributed by atoms with E-state index in [0.29, 0.717) is 10.9 Å².